The smallest absolute Gasteiger partial charge is 0.330 e. The van der Waals surface area contributed by atoms with Crippen LogP contribution in [0.15, 0.2) is 30.3 Å². The number of amides is 2. The Morgan fingerprint density at radius 1 is 1.14 bits per heavy atom. The molecule has 1 unspecified atom stereocenters. The van der Waals surface area contributed by atoms with Crippen LogP contribution in [0, 0.1) is 0 Å². The fourth-order valence-electron chi connectivity index (χ4n) is 1.82. The van der Waals surface area contributed by atoms with Gasteiger partial charge in [-0.25, -0.2) is 4.79 Å². The minimum atomic E-state index is -0.815. The third-order valence-electron chi connectivity index (χ3n) is 2.89. The van der Waals surface area contributed by atoms with E-state index in [2.05, 4.69) is 15.9 Å². The first-order valence-corrected chi connectivity index (χ1v) is 7.20. The molecule has 1 aromatic rings. The van der Waals surface area contributed by atoms with Crippen molar-refractivity contribution in [1.82, 2.24) is 5.06 Å². The normalized spacial score (nSPS) is 16.0. The highest BCUT2D eigenvalue weighted by atomic mass is 79.9. The van der Waals surface area contributed by atoms with Crippen LogP contribution < -0.4 is 0 Å². The maximum atomic E-state index is 12.0. The highest BCUT2D eigenvalue weighted by molar-refractivity contribution is 9.10. The second kappa shape index (κ2) is 6.62. The zero-order valence-corrected chi connectivity index (χ0v) is 12.5. The Labute approximate surface area is 129 Å². The lowest BCUT2D eigenvalue weighted by atomic mass is 10.1. The number of carbonyl (C=O) groups is 4. The van der Waals surface area contributed by atoms with Crippen LogP contribution >= 0.6 is 15.9 Å². The second-order valence-electron chi connectivity index (χ2n) is 4.45. The lowest BCUT2D eigenvalue weighted by molar-refractivity contribution is -0.197. The molecule has 0 N–H and O–H groups in total. The number of Topliss-reactive ketones (excluding diaryl/α,β-unsaturated/α-hetero) is 1. The number of nitrogens with zero attached hydrogens (tertiary/aromatic N) is 1. The summed E-state index contributed by atoms with van der Waals surface area (Å²) in [6.07, 6.45) is -0.204. The van der Waals surface area contributed by atoms with Gasteiger partial charge in [0.05, 0.1) is 11.2 Å². The quantitative estimate of drug-likeness (QED) is 0.456. The summed E-state index contributed by atoms with van der Waals surface area (Å²) in [4.78, 5) is 50.3. The Bertz CT molecular complexity index is 570. The summed E-state index contributed by atoms with van der Waals surface area (Å²) in [7, 11) is 0. The van der Waals surface area contributed by atoms with Crippen LogP contribution in [0.5, 0.6) is 0 Å². The van der Waals surface area contributed by atoms with E-state index in [1.54, 1.807) is 30.3 Å². The molecule has 0 saturated carbocycles. The summed E-state index contributed by atoms with van der Waals surface area (Å²) in [5.74, 6) is -2.18. The summed E-state index contributed by atoms with van der Waals surface area (Å²) in [5, 5.41) is 0.467. The number of rotatable bonds is 5. The van der Waals surface area contributed by atoms with Crippen LogP contribution in [0.2, 0.25) is 0 Å². The van der Waals surface area contributed by atoms with Crippen molar-refractivity contribution in [2.75, 3.05) is 0 Å². The summed E-state index contributed by atoms with van der Waals surface area (Å²) >= 11 is 3.12. The molecule has 1 heterocycles. The first-order valence-electron chi connectivity index (χ1n) is 6.29. The predicted molar refractivity (Wildman–Crippen MR) is 75.3 cm³/mol. The van der Waals surface area contributed by atoms with E-state index < -0.39 is 22.6 Å². The number of benzene rings is 1. The molecule has 0 bridgehead atoms. The summed E-state index contributed by atoms with van der Waals surface area (Å²) in [5.41, 5.74) is 0.459. The number of hydrogen-bond acceptors (Lipinski definition) is 5. The Balaban J connectivity index is 1.92. The SMILES string of the molecule is O=C(CC(Br)C(=O)c1ccccc1)ON1C(=O)CCC1=O. The molecule has 1 fully saturated rings. The molecule has 0 radical (unpaired) electrons. The lowest BCUT2D eigenvalue weighted by Gasteiger charge is -2.14. The molecule has 2 rings (SSSR count). The lowest BCUT2D eigenvalue weighted by Crippen LogP contribution is -2.33. The number of carbonyl (C=O) groups excluding carboxylic acids is 4. The van der Waals surface area contributed by atoms with Gasteiger partial charge in [0.1, 0.15) is 0 Å². The Kier molecular flexibility index (Phi) is 4.85. The molecule has 110 valence electrons. The van der Waals surface area contributed by atoms with E-state index in [1.807, 2.05) is 0 Å². The van der Waals surface area contributed by atoms with E-state index in [0.29, 0.717) is 10.6 Å². The van der Waals surface area contributed by atoms with Crippen molar-refractivity contribution in [3.8, 4) is 0 Å². The van der Waals surface area contributed by atoms with E-state index in [4.69, 9.17) is 4.84 Å². The van der Waals surface area contributed by atoms with Crippen LogP contribution in [0.1, 0.15) is 29.6 Å². The first kappa shape index (κ1) is 15.4. The van der Waals surface area contributed by atoms with E-state index in [1.165, 1.54) is 0 Å². The van der Waals surface area contributed by atoms with Crippen LogP contribution in [0.25, 0.3) is 0 Å². The van der Waals surface area contributed by atoms with Crippen molar-refractivity contribution in [3.05, 3.63) is 35.9 Å². The van der Waals surface area contributed by atoms with Gasteiger partial charge >= 0.3 is 5.97 Å². The molecule has 21 heavy (non-hydrogen) atoms. The molecule has 0 spiro atoms. The van der Waals surface area contributed by atoms with E-state index in [9.17, 15) is 19.2 Å². The van der Waals surface area contributed by atoms with Gasteiger partial charge in [0, 0.05) is 18.4 Å². The third-order valence-corrected chi connectivity index (χ3v) is 3.63. The Morgan fingerprint density at radius 3 is 2.29 bits per heavy atom. The number of hydroxylamine groups is 2. The average Bonchev–Trinajstić information content (AvgIpc) is 2.79. The molecule has 2 amide bonds. The molecular weight excluding hydrogens is 342 g/mol. The minimum Gasteiger partial charge on any atom is -0.330 e. The zero-order valence-electron chi connectivity index (χ0n) is 11.0. The Morgan fingerprint density at radius 2 is 1.71 bits per heavy atom. The monoisotopic (exact) mass is 353 g/mol. The van der Waals surface area contributed by atoms with Gasteiger partial charge in [-0.2, -0.15) is 0 Å². The van der Waals surface area contributed by atoms with Crippen molar-refractivity contribution >= 4 is 39.5 Å². The minimum absolute atomic E-state index is 0.0345. The fourth-order valence-corrected chi connectivity index (χ4v) is 2.35. The first-order chi connectivity index (χ1) is 9.99. The van der Waals surface area contributed by atoms with Gasteiger partial charge < -0.3 is 4.84 Å². The van der Waals surface area contributed by atoms with Gasteiger partial charge in [-0.05, 0) is 0 Å². The average molecular weight is 354 g/mol. The van der Waals surface area contributed by atoms with Crippen molar-refractivity contribution in [1.29, 1.82) is 0 Å². The van der Waals surface area contributed by atoms with Crippen molar-refractivity contribution in [2.45, 2.75) is 24.1 Å². The maximum absolute atomic E-state index is 12.0. The van der Waals surface area contributed by atoms with E-state index in [-0.39, 0.29) is 25.0 Å². The number of alkyl halides is 1. The molecule has 6 nitrogen and oxygen atoms in total. The van der Waals surface area contributed by atoms with E-state index >= 15 is 0 Å². The Hall–Kier alpha value is -2.02. The van der Waals surface area contributed by atoms with Crippen molar-refractivity contribution < 1.29 is 24.0 Å². The van der Waals surface area contributed by atoms with Crippen LogP contribution in [0.4, 0.5) is 0 Å². The number of hydrogen-bond donors (Lipinski definition) is 0. The predicted octanol–water partition coefficient (Wildman–Crippen LogP) is 1.63. The van der Waals surface area contributed by atoms with Crippen LogP contribution in [-0.2, 0) is 19.2 Å². The molecule has 0 aromatic heterocycles. The molecule has 1 atom stereocenters. The number of ketones is 1. The van der Waals surface area contributed by atoms with Crippen LogP contribution in [-0.4, -0.2) is 33.5 Å². The standard InChI is InChI=1S/C14H12BrNO5/c15-10(14(20)9-4-2-1-3-5-9)8-13(19)21-16-11(17)6-7-12(16)18/h1-5,10H,6-8H2. The second-order valence-corrected chi connectivity index (χ2v) is 5.55. The van der Waals surface area contributed by atoms with Crippen LogP contribution in [0.3, 0.4) is 0 Å². The van der Waals surface area contributed by atoms with Gasteiger partial charge in [0.15, 0.2) is 5.78 Å². The highest BCUT2D eigenvalue weighted by Gasteiger charge is 2.33. The van der Waals surface area contributed by atoms with E-state index in [0.717, 1.165) is 0 Å². The molecule has 1 aliphatic rings. The van der Waals surface area contributed by atoms with Gasteiger partial charge in [0.2, 0.25) is 0 Å². The largest absolute Gasteiger partial charge is 0.334 e. The highest BCUT2D eigenvalue weighted by Crippen LogP contribution is 2.17. The van der Waals surface area contributed by atoms with Crippen molar-refractivity contribution in [2.24, 2.45) is 0 Å². The van der Waals surface area contributed by atoms with Gasteiger partial charge in [-0.15, -0.1) is 5.06 Å². The zero-order chi connectivity index (χ0) is 15.4. The third kappa shape index (κ3) is 3.75. The van der Waals surface area contributed by atoms with Crippen molar-refractivity contribution in [3.63, 3.8) is 0 Å². The molecular formula is C14H12BrNO5. The number of halogens is 1. The topological polar surface area (TPSA) is 80.8 Å². The molecule has 1 aliphatic heterocycles. The fraction of sp³-hybridized carbons (Fsp3) is 0.286. The van der Waals surface area contributed by atoms with Gasteiger partial charge in [-0.3, -0.25) is 14.4 Å². The van der Waals surface area contributed by atoms with Gasteiger partial charge in [-0.1, -0.05) is 46.3 Å². The van der Waals surface area contributed by atoms with Gasteiger partial charge in [0.25, 0.3) is 11.8 Å². The molecule has 0 aliphatic carbocycles. The summed E-state index contributed by atoms with van der Waals surface area (Å²) < 4.78 is 0. The molecule has 1 aromatic carbocycles. The molecule has 7 heteroatoms. The summed E-state index contributed by atoms with van der Waals surface area (Å²) in [6, 6.07) is 8.48. The molecule has 1 saturated heterocycles. The summed E-state index contributed by atoms with van der Waals surface area (Å²) in [6.45, 7) is 0. The number of imide groups is 1. The maximum Gasteiger partial charge on any atom is 0.334 e.